The van der Waals surface area contributed by atoms with Gasteiger partial charge in [0.15, 0.2) is 0 Å². The maximum absolute atomic E-state index is 12.8. The van der Waals surface area contributed by atoms with Crippen molar-refractivity contribution in [1.29, 1.82) is 0 Å². The lowest BCUT2D eigenvalue weighted by molar-refractivity contribution is 0.0405. The summed E-state index contributed by atoms with van der Waals surface area (Å²) >= 11 is 3.50. The smallest absolute Gasteiger partial charge is 0.270 e. The van der Waals surface area contributed by atoms with Gasteiger partial charge in [-0.05, 0) is 55.7 Å². The van der Waals surface area contributed by atoms with E-state index in [1.807, 2.05) is 17.2 Å². The molecule has 1 saturated carbocycles. The number of likely N-dealkylation sites (N-methyl/N-ethyl adjacent to an activating group) is 1. The lowest BCUT2D eigenvalue weighted by Gasteiger charge is -2.42. The Labute approximate surface area is 128 Å². The van der Waals surface area contributed by atoms with Crippen LogP contribution < -0.4 is 0 Å². The molecular weight excluding hydrogens is 318 g/mol. The molecule has 1 saturated heterocycles. The van der Waals surface area contributed by atoms with Gasteiger partial charge in [-0.3, -0.25) is 9.69 Å². The number of piperazine rings is 1. The Bertz CT molecular complexity index is 511. The highest BCUT2D eigenvalue weighted by Crippen LogP contribution is 2.37. The predicted molar refractivity (Wildman–Crippen MR) is 83.0 cm³/mol. The lowest BCUT2D eigenvalue weighted by atomic mass is 10.1. The van der Waals surface area contributed by atoms with Crippen LogP contribution in [0.3, 0.4) is 0 Å². The molecule has 1 aromatic rings. The molecule has 20 heavy (non-hydrogen) atoms. The molecule has 2 heterocycles. The van der Waals surface area contributed by atoms with Gasteiger partial charge in [-0.2, -0.15) is 0 Å². The third-order valence-corrected chi connectivity index (χ3v) is 5.06. The van der Waals surface area contributed by atoms with E-state index in [-0.39, 0.29) is 5.91 Å². The predicted octanol–water partition coefficient (Wildman–Crippen LogP) is 2.75. The number of halogens is 1. The quantitative estimate of drug-likeness (QED) is 0.828. The van der Waals surface area contributed by atoms with E-state index in [9.17, 15) is 4.79 Å². The third-order valence-electron chi connectivity index (χ3n) is 4.62. The first-order chi connectivity index (χ1) is 9.47. The zero-order valence-corrected chi connectivity index (χ0v) is 13.9. The van der Waals surface area contributed by atoms with E-state index in [2.05, 4.69) is 46.3 Å². The van der Waals surface area contributed by atoms with Crippen LogP contribution in [0.4, 0.5) is 0 Å². The minimum atomic E-state index is 0.175. The van der Waals surface area contributed by atoms with Gasteiger partial charge in [0.25, 0.3) is 5.91 Å². The van der Waals surface area contributed by atoms with Crippen LogP contribution in [0.2, 0.25) is 0 Å². The standard InChI is InChI=1S/C15H22BrN3O/c1-10-7-18(8-11(2)17(10)3)15(20)14-6-12(16)9-19(14)13-4-5-13/h6,9-11,13H,4-5,7-8H2,1-3H3. The Balaban J connectivity index is 1.82. The molecule has 3 rings (SSSR count). The molecule has 1 aromatic heterocycles. The van der Waals surface area contributed by atoms with Gasteiger partial charge in [0.2, 0.25) is 0 Å². The van der Waals surface area contributed by atoms with Gasteiger partial charge < -0.3 is 9.47 Å². The van der Waals surface area contributed by atoms with E-state index in [0.717, 1.165) is 23.3 Å². The molecule has 0 spiro atoms. The summed E-state index contributed by atoms with van der Waals surface area (Å²) in [5.74, 6) is 0.175. The molecule has 2 aliphatic rings. The van der Waals surface area contributed by atoms with Crippen molar-refractivity contribution < 1.29 is 4.79 Å². The first-order valence-corrected chi connectivity index (χ1v) is 8.15. The maximum atomic E-state index is 12.8. The number of rotatable bonds is 2. The Morgan fingerprint density at radius 3 is 2.40 bits per heavy atom. The van der Waals surface area contributed by atoms with Crippen molar-refractivity contribution in [3.8, 4) is 0 Å². The van der Waals surface area contributed by atoms with Crippen molar-refractivity contribution in [3.63, 3.8) is 0 Å². The molecule has 0 N–H and O–H groups in total. The van der Waals surface area contributed by atoms with Gasteiger partial charge in [-0.15, -0.1) is 0 Å². The second-order valence-electron chi connectivity index (χ2n) is 6.26. The molecule has 0 bridgehead atoms. The summed E-state index contributed by atoms with van der Waals surface area (Å²) in [6.07, 6.45) is 4.43. The molecule has 5 heteroatoms. The fourth-order valence-electron chi connectivity index (χ4n) is 3.00. The van der Waals surface area contributed by atoms with Gasteiger partial charge >= 0.3 is 0 Å². The van der Waals surface area contributed by atoms with Crippen LogP contribution in [-0.4, -0.2) is 52.5 Å². The number of nitrogens with zero attached hydrogens (tertiary/aromatic N) is 3. The Morgan fingerprint density at radius 1 is 1.25 bits per heavy atom. The van der Waals surface area contributed by atoms with Gasteiger partial charge in [-0.1, -0.05) is 0 Å². The Kier molecular flexibility index (Phi) is 3.67. The molecule has 1 aliphatic carbocycles. The zero-order valence-electron chi connectivity index (χ0n) is 12.3. The van der Waals surface area contributed by atoms with E-state index < -0.39 is 0 Å². The summed E-state index contributed by atoms with van der Waals surface area (Å²) in [4.78, 5) is 17.2. The maximum Gasteiger partial charge on any atom is 0.270 e. The highest BCUT2D eigenvalue weighted by Gasteiger charge is 2.33. The molecule has 1 aliphatic heterocycles. The summed E-state index contributed by atoms with van der Waals surface area (Å²) in [7, 11) is 2.14. The number of aromatic nitrogens is 1. The van der Waals surface area contributed by atoms with Crippen molar-refractivity contribution in [3.05, 3.63) is 22.4 Å². The van der Waals surface area contributed by atoms with Crippen LogP contribution in [0.25, 0.3) is 0 Å². The molecule has 2 fully saturated rings. The summed E-state index contributed by atoms with van der Waals surface area (Å²) in [5, 5.41) is 0. The number of carbonyl (C=O) groups excluding carboxylic acids is 1. The summed E-state index contributed by atoms with van der Waals surface area (Å²) in [5.41, 5.74) is 0.836. The zero-order chi connectivity index (χ0) is 14.4. The average Bonchev–Trinajstić information content (AvgIpc) is 3.17. The van der Waals surface area contributed by atoms with E-state index in [1.54, 1.807) is 0 Å². The van der Waals surface area contributed by atoms with E-state index in [4.69, 9.17) is 0 Å². The first kappa shape index (κ1) is 14.1. The topological polar surface area (TPSA) is 28.5 Å². The fraction of sp³-hybridized carbons (Fsp3) is 0.667. The van der Waals surface area contributed by atoms with Crippen LogP contribution in [0, 0.1) is 0 Å². The highest BCUT2D eigenvalue weighted by molar-refractivity contribution is 9.10. The largest absolute Gasteiger partial charge is 0.339 e. The lowest BCUT2D eigenvalue weighted by Crippen LogP contribution is -2.56. The number of amides is 1. The van der Waals surface area contributed by atoms with E-state index in [1.165, 1.54) is 12.8 Å². The number of carbonyl (C=O) groups is 1. The van der Waals surface area contributed by atoms with Crippen LogP contribution >= 0.6 is 15.9 Å². The number of hydrogen-bond acceptors (Lipinski definition) is 2. The molecule has 110 valence electrons. The molecule has 0 radical (unpaired) electrons. The van der Waals surface area contributed by atoms with Crippen LogP contribution in [0.15, 0.2) is 16.7 Å². The minimum absolute atomic E-state index is 0.175. The summed E-state index contributed by atoms with van der Waals surface area (Å²) in [6, 6.07) is 3.32. The Morgan fingerprint density at radius 2 is 1.85 bits per heavy atom. The van der Waals surface area contributed by atoms with E-state index >= 15 is 0 Å². The van der Waals surface area contributed by atoms with Gasteiger partial charge in [0.05, 0.1) is 0 Å². The van der Waals surface area contributed by atoms with Crippen molar-refractivity contribution in [2.75, 3.05) is 20.1 Å². The normalized spacial score (nSPS) is 27.9. The molecule has 4 nitrogen and oxygen atoms in total. The second-order valence-corrected chi connectivity index (χ2v) is 7.17. The SMILES string of the molecule is CC1CN(C(=O)c2cc(Br)cn2C2CC2)CC(C)N1C. The molecule has 2 unspecified atom stereocenters. The van der Waals surface area contributed by atoms with Gasteiger partial charge in [-0.25, -0.2) is 0 Å². The van der Waals surface area contributed by atoms with Crippen molar-refractivity contribution in [2.24, 2.45) is 0 Å². The Hall–Kier alpha value is -0.810. The first-order valence-electron chi connectivity index (χ1n) is 7.36. The average molecular weight is 340 g/mol. The molecule has 2 atom stereocenters. The minimum Gasteiger partial charge on any atom is -0.339 e. The highest BCUT2D eigenvalue weighted by atomic mass is 79.9. The molecular formula is C15H22BrN3O. The van der Waals surface area contributed by atoms with Crippen molar-refractivity contribution in [1.82, 2.24) is 14.4 Å². The van der Waals surface area contributed by atoms with E-state index in [0.29, 0.717) is 18.1 Å². The third kappa shape index (κ3) is 2.53. The van der Waals surface area contributed by atoms with Crippen molar-refractivity contribution in [2.45, 2.75) is 44.8 Å². The molecule has 1 amide bonds. The van der Waals surface area contributed by atoms with Crippen LogP contribution in [0.1, 0.15) is 43.2 Å². The fourth-order valence-corrected chi connectivity index (χ4v) is 3.44. The monoisotopic (exact) mass is 339 g/mol. The van der Waals surface area contributed by atoms with Crippen LogP contribution in [-0.2, 0) is 0 Å². The van der Waals surface area contributed by atoms with Crippen LogP contribution in [0.5, 0.6) is 0 Å². The van der Waals surface area contributed by atoms with Crippen molar-refractivity contribution >= 4 is 21.8 Å². The van der Waals surface area contributed by atoms with Gasteiger partial charge in [0.1, 0.15) is 5.69 Å². The number of hydrogen-bond donors (Lipinski definition) is 0. The van der Waals surface area contributed by atoms with Gasteiger partial charge in [0, 0.05) is 41.9 Å². The summed E-state index contributed by atoms with van der Waals surface area (Å²) in [6.45, 7) is 6.00. The summed E-state index contributed by atoms with van der Waals surface area (Å²) < 4.78 is 3.16. The second kappa shape index (κ2) is 5.19. The molecule has 0 aromatic carbocycles.